The highest BCUT2D eigenvalue weighted by molar-refractivity contribution is 7.15. The lowest BCUT2D eigenvalue weighted by Gasteiger charge is -2.08. The highest BCUT2D eigenvalue weighted by Gasteiger charge is 2.11. The summed E-state index contributed by atoms with van der Waals surface area (Å²) in [4.78, 5) is 23.9. The van der Waals surface area contributed by atoms with Gasteiger partial charge < -0.3 is 5.32 Å². The predicted molar refractivity (Wildman–Crippen MR) is 96.4 cm³/mol. The Morgan fingerprint density at radius 2 is 1.83 bits per heavy atom. The summed E-state index contributed by atoms with van der Waals surface area (Å²) in [6.45, 7) is 6.06. The fraction of sp³-hybridized carbons (Fsp3) is 0.412. The molecule has 0 saturated heterocycles. The van der Waals surface area contributed by atoms with Crippen LogP contribution >= 0.6 is 11.3 Å². The Kier molecular flexibility index (Phi) is 6.43. The van der Waals surface area contributed by atoms with Crippen molar-refractivity contribution < 1.29 is 9.59 Å². The van der Waals surface area contributed by atoms with Crippen molar-refractivity contribution in [3.8, 4) is 0 Å². The first-order valence-electron chi connectivity index (χ1n) is 8.01. The summed E-state index contributed by atoms with van der Waals surface area (Å²) in [5, 5.41) is 15.0. The Hall–Kier alpha value is -2.28. The molecule has 1 heterocycles. The molecule has 1 aromatic carbocycles. The third kappa shape index (κ3) is 5.42. The van der Waals surface area contributed by atoms with Crippen LogP contribution in [0.15, 0.2) is 24.3 Å². The second-order valence-electron chi connectivity index (χ2n) is 5.93. The fourth-order valence-corrected chi connectivity index (χ4v) is 2.91. The maximum absolute atomic E-state index is 12.2. The SMILES string of the molecule is CCCc1nnc(NC(=O)c2ccc(NC(=O)CC(C)C)cc2)s1. The van der Waals surface area contributed by atoms with Crippen LogP contribution in [0.4, 0.5) is 10.8 Å². The third-order valence-electron chi connectivity index (χ3n) is 3.18. The monoisotopic (exact) mass is 346 g/mol. The zero-order valence-corrected chi connectivity index (χ0v) is 14.9. The maximum atomic E-state index is 12.2. The highest BCUT2D eigenvalue weighted by atomic mass is 32.1. The minimum atomic E-state index is -0.241. The van der Waals surface area contributed by atoms with Crippen molar-refractivity contribution in [3.05, 3.63) is 34.8 Å². The van der Waals surface area contributed by atoms with Crippen molar-refractivity contribution in [2.24, 2.45) is 5.92 Å². The van der Waals surface area contributed by atoms with Crippen LogP contribution in [0, 0.1) is 5.92 Å². The molecule has 2 rings (SSSR count). The zero-order chi connectivity index (χ0) is 17.5. The summed E-state index contributed by atoms with van der Waals surface area (Å²) in [6.07, 6.45) is 2.32. The summed E-state index contributed by atoms with van der Waals surface area (Å²) in [5.41, 5.74) is 1.18. The number of nitrogens with one attached hydrogen (secondary N) is 2. The number of nitrogens with zero attached hydrogens (tertiary/aromatic N) is 2. The van der Waals surface area contributed by atoms with E-state index in [2.05, 4.69) is 27.8 Å². The van der Waals surface area contributed by atoms with Crippen LogP contribution in [0.1, 0.15) is 49.0 Å². The summed E-state index contributed by atoms with van der Waals surface area (Å²) in [7, 11) is 0. The number of hydrogen-bond donors (Lipinski definition) is 2. The van der Waals surface area contributed by atoms with E-state index in [4.69, 9.17) is 0 Å². The molecule has 0 radical (unpaired) electrons. The summed E-state index contributed by atoms with van der Waals surface area (Å²) < 4.78 is 0. The average Bonchev–Trinajstić information content (AvgIpc) is 2.94. The molecule has 0 bridgehead atoms. The van der Waals surface area contributed by atoms with E-state index < -0.39 is 0 Å². The van der Waals surface area contributed by atoms with Crippen LogP contribution in [0.2, 0.25) is 0 Å². The Bertz CT molecular complexity index is 695. The number of rotatable bonds is 7. The number of benzene rings is 1. The van der Waals surface area contributed by atoms with Gasteiger partial charge in [-0.15, -0.1) is 10.2 Å². The van der Waals surface area contributed by atoms with Crippen molar-refractivity contribution >= 4 is 34.0 Å². The van der Waals surface area contributed by atoms with Gasteiger partial charge in [0.2, 0.25) is 11.0 Å². The first-order valence-corrected chi connectivity index (χ1v) is 8.83. The minimum Gasteiger partial charge on any atom is -0.326 e. The Morgan fingerprint density at radius 3 is 2.46 bits per heavy atom. The van der Waals surface area contributed by atoms with Crippen molar-refractivity contribution in [1.82, 2.24) is 10.2 Å². The van der Waals surface area contributed by atoms with Gasteiger partial charge >= 0.3 is 0 Å². The smallest absolute Gasteiger partial charge is 0.257 e. The number of anilines is 2. The lowest BCUT2D eigenvalue weighted by atomic mass is 10.1. The Labute approximate surface area is 145 Å². The van der Waals surface area contributed by atoms with Gasteiger partial charge in [-0.05, 0) is 36.6 Å². The van der Waals surface area contributed by atoms with E-state index in [0.29, 0.717) is 28.7 Å². The first kappa shape index (κ1) is 18.1. The molecule has 2 aromatic rings. The lowest BCUT2D eigenvalue weighted by molar-refractivity contribution is -0.116. The molecule has 0 spiro atoms. The van der Waals surface area contributed by atoms with Crippen molar-refractivity contribution in [1.29, 1.82) is 0 Å². The van der Waals surface area contributed by atoms with Crippen LogP contribution in [0.5, 0.6) is 0 Å². The normalized spacial score (nSPS) is 10.7. The van der Waals surface area contributed by atoms with E-state index in [0.717, 1.165) is 17.8 Å². The van der Waals surface area contributed by atoms with Gasteiger partial charge in [-0.3, -0.25) is 14.9 Å². The van der Waals surface area contributed by atoms with Crippen molar-refractivity contribution in [2.45, 2.75) is 40.0 Å². The molecule has 0 aliphatic carbocycles. The van der Waals surface area contributed by atoms with E-state index in [1.165, 1.54) is 11.3 Å². The van der Waals surface area contributed by atoms with Gasteiger partial charge in [-0.1, -0.05) is 32.1 Å². The molecule has 0 aliphatic rings. The molecule has 0 saturated carbocycles. The standard InChI is InChI=1S/C17H22N4O2S/c1-4-5-15-20-21-17(24-15)19-16(23)12-6-8-13(9-7-12)18-14(22)10-11(2)3/h6-9,11H,4-5,10H2,1-3H3,(H,18,22)(H,19,21,23). The largest absolute Gasteiger partial charge is 0.326 e. The van der Waals surface area contributed by atoms with Gasteiger partial charge in [0.25, 0.3) is 5.91 Å². The summed E-state index contributed by atoms with van der Waals surface area (Å²) in [6, 6.07) is 6.79. The topological polar surface area (TPSA) is 84.0 Å². The number of aromatic nitrogens is 2. The number of hydrogen-bond acceptors (Lipinski definition) is 5. The van der Waals surface area contributed by atoms with Crippen molar-refractivity contribution in [3.63, 3.8) is 0 Å². The second kappa shape index (κ2) is 8.54. The number of amides is 2. The molecule has 2 N–H and O–H groups in total. The molecular weight excluding hydrogens is 324 g/mol. The maximum Gasteiger partial charge on any atom is 0.257 e. The zero-order valence-electron chi connectivity index (χ0n) is 14.1. The van der Waals surface area contributed by atoms with Gasteiger partial charge in [0.15, 0.2) is 0 Å². The van der Waals surface area contributed by atoms with Crippen molar-refractivity contribution in [2.75, 3.05) is 10.6 Å². The van der Waals surface area contributed by atoms with Gasteiger partial charge in [0, 0.05) is 24.1 Å². The van der Waals surface area contributed by atoms with E-state index in [1.54, 1.807) is 24.3 Å². The van der Waals surface area contributed by atoms with E-state index in [1.807, 2.05) is 13.8 Å². The third-order valence-corrected chi connectivity index (χ3v) is 4.07. The van der Waals surface area contributed by atoms with Gasteiger partial charge in [-0.25, -0.2) is 0 Å². The van der Waals surface area contributed by atoms with Crippen LogP contribution in [-0.2, 0) is 11.2 Å². The van der Waals surface area contributed by atoms with Crippen LogP contribution in [-0.4, -0.2) is 22.0 Å². The average molecular weight is 346 g/mol. The van der Waals surface area contributed by atoms with E-state index in [9.17, 15) is 9.59 Å². The molecule has 0 aliphatic heterocycles. The van der Waals surface area contributed by atoms with Gasteiger partial charge in [-0.2, -0.15) is 0 Å². The molecule has 0 atom stereocenters. The summed E-state index contributed by atoms with van der Waals surface area (Å²) in [5.74, 6) is 0.0355. The quantitative estimate of drug-likeness (QED) is 0.800. The van der Waals surface area contributed by atoms with Crippen LogP contribution in [0.3, 0.4) is 0 Å². The predicted octanol–water partition coefficient (Wildman–Crippen LogP) is 3.73. The second-order valence-corrected chi connectivity index (χ2v) is 6.99. The van der Waals surface area contributed by atoms with E-state index >= 15 is 0 Å². The molecular formula is C17H22N4O2S. The molecule has 2 amide bonds. The van der Waals surface area contributed by atoms with Crippen LogP contribution in [0.25, 0.3) is 0 Å². The molecule has 6 nitrogen and oxygen atoms in total. The first-order chi connectivity index (χ1) is 11.5. The van der Waals surface area contributed by atoms with Gasteiger partial charge in [0.1, 0.15) is 5.01 Å². The van der Waals surface area contributed by atoms with Gasteiger partial charge in [0.05, 0.1) is 0 Å². The minimum absolute atomic E-state index is 0.0282. The fourth-order valence-electron chi connectivity index (χ4n) is 2.08. The Balaban J connectivity index is 1.94. The number of carbonyl (C=O) groups is 2. The molecule has 128 valence electrons. The molecule has 0 fully saturated rings. The van der Waals surface area contributed by atoms with E-state index in [-0.39, 0.29) is 11.8 Å². The Morgan fingerprint density at radius 1 is 1.12 bits per heavy atom. The summed E-state index contributed by atoms with van der Waals surface area (Å²) >= 11 is 1.39. The van der Waals surface area contributed by atoms with Crippen LogP contribution < -0.4 is 10.6 Å². The highest BCUT2D eigenvalue weighted by Crippen LogP contribution is 2.18. The molecule has 24 heavy (non-hydrogen) atoms. The number of aryl methyl sites for hydroxylation is 1. The molecule has 1 aromatic heterocycles. The molecule has 7 heteroatoms. The lowest BCUT2D eigenvalue weighted by Crippen LogP contribution is -2.14. The molecule has 0 unspecified atom stereocenters. The number of carbonyl (C=O) groups excluding carboxylic acids is 2.